The second kappa shape index (κ2) is 7.85. The Morgan fingerprint density at radius 3 is 2.45 bits per heavy atom. The Morgan fingerprint density at radius 1 is 1.20 bits per heavy atom. The zero-order valence-electron chi connectivity index (χ0n) is 11.2. The standard InChI is InChI=1S/C14H19BrN2O.2ClH/c15-12-3-1-2-11(14(12)18)13(10-4-5-10)17-8-6-16-7-9-17;;/h1-3,10,13,16,18H,4-9H2;2*1H/t13-;;/m1../s1. The highest BCUT2D eigenvalue weighted by molar-refractivity contribution is 9.10. The first-order chi connectivity index (χ1) is 8.77. The van der Waals surface area contributed by atoms with E-state index in [4.69, 9.17) is 0 Å². The molecule has 6 heteroatoms. The summed E-state index contributed by atoms with van der Waals surface area (Å²) in [5, 5.41) is 13.7. The number of hydrogen-bond donors (Lipinski definition) is 2. The molecule has 0 amide bonds. The monoisotopic (exact) mass is 382 g/mol. The fourth-order valence-corrected chi connectivity index (χ4v) is 3.27. The summed E-state index contributed by atoms with van der Waals surface area (Å²) < 4.78 is 0.806. The molecule has 1 aliphatic carbocycles. The molecular formula is C14H21BrCl2N2O. The van der Waals surface area contributed by atoms with E-state index in [0.717, 1.165) is 42.1 Å². The van der Waals surface area contributed by atoms with E-state index in [-0.39, 0.29) is 24.8 Å². The number of nitrogens with zero attached hydrogens (tertiary/aromatic N) is 1. The Balaban J connectivity index is 0.000001000. The van der Waals surface area contributed by atoms with Crippen LogP contribution >= 0.6 is 40.7 Å². The molecule has 0 spiro atoms. The minimum absolute atomic E-state index is 0. The average Bonchev–Trinajstić information content (AvgIpc) is 3.21. The van der Waals surface area contributed by atoms with E-state index >= 15 is 0 Å². The van der Waals surface area contributed by atoms with E-state index in [1.165, 1.54) is 12.8 Å². The van der Waals surface area contributed by atoms with Crippen LogP contribution in [0.15, 0.2) is 22.7 Å². The maximum Gasteiger partial charge on any atom is 0.134 e. The van der Waals surface area contributed by atoms with Crippen molar-refractivity contribution in [3.63, 3.8) is 0 Å². The molecule has 1 atom stereocenters. The van der Waals surface area contributed by atoms with E-state index in [1.807, 2.05) is 12.1 Å². The quantitative estimate of drug-likeness (QED) is 0.839. The first-order valence-electron chi connectivity index (χ1n) is 6.69. The van der Waals surface area contributed by atoms with Gasteiger partial charge >= 0.3 is 0 Å². The predicted octanol–water partition coefficient (Wildman–Crippen LogP) is 3.35. The van der Waals surface area contributed by atoms with Gasteiger partial charge in [0.05, 0.1) is 4.47 Å². The second-order valence-electron chi connectivity index (χ2n) is 5.25. The molecule has 1 aromatic rings. The number of piperazine rings is 1. The highest BCUT2D eigenvalue weighted by Gasteiger charge is 2.38. The number of para-hydroxylation sites is 1. The molecular weight excluding hydrogens is 363 g/mol. The van der Waals surface area contributed by atoms with Gasteiger partial charge < -0.3 is 10.4 Å². The Hall–Kier alpha value is -0.000000000000000153. The second-order valence-corrected chi connectivity index (χ2v) is 6.10. The summed E-state index contributed by atoms with van der Waals surface area (Å²) in [6.07, 6.45) is 2.58. The number of phenolic OH excluding ortho intramolecular Hbond substituents is 1. The number of benzene rings is 1. The van der Waals surface area contributed by atoms with Crippen LogP contribution in [0.3, 0.4) is 0 Å². The molecule has 1 heterocycles. The van der Waals surface area contributed by atoms with Crippen LogP contribution in [0.1, 0.15) is 24.4 Å². The molecule has 0 radical (unpaired) electrons. The lowest BCUT2D eigenvalue weighted by Crippen LogP contribution is -2.45. The molecule has 114 valence electrons. The zero-order chi connectivity index (χ0) is 12.5. The number of halogens is 3. The van der Waals surface area contributed by atoms with Crippen molar-refractivity contribution < 1.29 is 5.11 Å². The highest BCUT2D eigenvalue weighted by atomic mass is 79.9. The van der Waals surface area contributed by atoms with Crippen molar-refractivity contribution in [2.75, 3.05) is 26.2 Å². The summed E-state index contributed by atoms with van der Waals surface area (Å²) in [4.78, 5) is 2.52. The Labute approximate surface area is 141 Å². The van der Waals surface area contributed by atoms with Crippen LogP contribution < -0.4 is 5.32 Å². The van der Waals surface area contributed by atoms with Crippen LogP contribution in [-0.4, -0.2) is 36.2 Å². The molecule has 1 saturated heterocycles. The third kappa shape index (κ3) is 3.80. The minimum Gasteiger partial charge on any atom is -0.506 e. The van der Waals surface area contributed by atoms with Gasteiger partial charge in [-0.15, -0.1) is 24.8 Å². The molecule has 1 aromatic carbocycles. The van der Waals surface area contributed by atoms with E-state index in [2.05, 4.69) is 32.2 Å². The van der Waals surface area contributed by atoms with Crippen LogP contribution in [0.4, 0.5) is 0 Å². The van der Waals surface area contributed by atoms with Crippen molar-refractivity contribution in [2.24, 2.45) is 5.92 Å². The summed E-state index contributed by atoms with van der Waals surface area (Å²) >= 11 is 3.43. The number of hydrogen-bond acceptors (Lipinski definition) is 3. The van der Waals surface area contributed by atoms with Gasteiger partial charge in [0.1, 0.15) is 5.75 Å². The van der Waals surface area contributed by atoms with E-state index < -0.39 is 0 Å². The summed E-state index contributed by atoms with van der Waals surface area (Å²) in [5.74, 6) is 1.15. The predicted molar refractivity (Wildman–Crippen MR) is 90.2 cm³/mol. The first-order valence-corrected chi connectivity index (χ1v) is 7.49. The fourth-order valence-electron chi connectivity index (χ4n) is 2.89. The van der Waals surface area contributed by atoms with Gasteiger partial charge in [0.2, 0.25) is 0 Å². The SMILES string of the molecule is Cl.Cl.Oc1c(Br)cccc1[C@@H](C1CC1)N1CCNCC1. The highest BCUT2D eigenvalue weighted by Crippen LogP contribution is 2.48. The van der Waals surface area contributed by atoms with E-state index in [0.29, 0.717) is 11.8 Å². The third-order valence-corrected chi connectivity index (χ3v) is 4.59. The lowest BCUT2D eigenvalue weighted by atomic mass is 9.99. The van der Waals surface area contributed by atoms with Gasteiger partial charge in [-0.3, -0.25) is 4.90 Å². The number of aromatic hydroxyl groups is 1. The Morgan fingerprint density at radius 2 is 1.85 bits per heavy atom. The first kappa shape index (κ1) is 18.1. The maximum absolute atomic E-state index is 10.3. The molecule has 0 aromatic heterocycles. The summed E-state index contributed by atoms with van der Waals surface area (Å²) in [6.45, 7) is 4.26. The number of nitrogens with one attached hydrogen (secondary N) is 1. The van der Waals surface area contributed by atoms with Gasteiger partial charge in [0, 0.05) is 37.8 Å². The summed E-state index contributed by atoms with van der Waals surface area (Å²) in [5.41, 5.74) is 1.09. The van der Waals surface area contributed by atoms with Crippen molar-refractivity contribution in [3.8, 4) is 5.75 Å². The van der Waals surface area contributed by atoms with Crippen molar-refractivity contribution in [3.05, 3.63) is 28.2 Å². The smallest absolute Gasteiger partial charge is 0.134 e. The molecule has 2 fully saturated rings. The van der Waals surface area contributed by atoms with Crippen LogP contribution in [0, 0.1) is 5.92 Å². The Kier molecular flexibility index (Phi) is 7.09. The van der Waals surface area contributed by atoms with Crippen LogP contribution in [0.5, 0.6) is 5.75 Å². The molecule has 0 unspecified atom stereocenters. The van der Waals surface area contributed by atoms with Gasteiger partial charge in [0.25, 0.3) is 0 Å². The zero-order valence-corrected chi connectivity index (χ0v) is 14.4. The van der Waals surface area contributed by atoms with Crippen LogP contribution in [0.2, 0.25) is 0 Å². The average molecular weight is 384 g/mol. The minimum atomic E-state index is 0. The van der Waals surface area contributed by atoms with Crippen molar-refractivity contribution in [2.45, 2.75) is 18.9 Å². The summed E-state index contributed by atoms with van der Waals surface area (Å²) in [6, 6.07) is 6.40. The molecule has 3 nitrogen and oxygen atoms in total. The Bertz CT molecular complexity index is 437. The number of rotatable bonds is 3. The van der Waals surface area contributed by atoms with Gasteiger partial charge in [-0.05, 0) is 40.8 Å². The molecule has 20 heavy (non-hydrogen) atoms. The molecule has 3 rings (SSSR count). The third-order valence-electron chi connectivity index (χ3n) is 3.95. The van der Waals surface area contributed by atoms with E-state index in [9.17, 15) is 5.11 Å². The van der Waals surface area contributed by atoms with Crippen molar-refractivity contribution in [1.29, 1.82) is 0 Å². The number of phenols is 1. The van der Waals surface area contributed by atoms with E-state index in [1.54, 1.807) is 0 Å². The lowest BCUT2D eigenvalue weighted by Gasteiger charge is -2.35. The fraction of sp³-hybridized carbons (Fsp3) is 0.571. The molecule has 2 N–H and O–H groups in total. The molecule has 1 saturated carbocycles. The lowest BCUT2D eigenvalue weighted by molar-refractivity contribution is 0.153. The summed E-state index contributed by atoms with van der Waals surface area (Å²) in [7, 11) is 0. The molecule has 2 aliphatic rings. The van der Waals surface area contributed by atoms with Crippen molar-refractivity contribution in [1.82, 2.24) is 10.2 Å². The van der Waals surface area contributed by atoms with Crippen LogP contribution in [0.25, 0.3) is 0 Å². The van der Waals surface area contributed by atoms with Gasteiger partial charge in [0.15, 0.2) is 0 Å². The normalized spacial score (nSPS) is 20.6. The van der Waals surface area contributed by atoms with Gasteiger partial charge in [-0.1, -0.05) is 12.1 Å². The maximum atomic E-state index is 10.3. The van der Waals surface area contributed by atoms with Gasteiger partial charge in [-0.2, -0.15) is 0 Å². The molecule has 1 aliphatic heterocycles. The van der Waals surface area contributed by atoms with Crippen molar-refractivity contribution >= 4 is 40.7 Å². The van der Waals surface area contributed by atoms with Crippen LogP contribution in [-0.2, 0) is 0 Å². The topological polar surface area (TPSA) is 35.5 Å². The largest absolute Gasteiger partial charge is 0.506 e. The molecule has 0 bridgehead atoms. The van der Waals surface area contributed by atoms with Gasteiger partial charge in [-0.25, -0.2) is 0 Å².